The highest BCUT2D eigenvalue weighted by Crippen LogP contribution is 2.23. The Morgan fingerprint density at radius 3 is 3.21 bits per heavy atom. The van der Waals surface area contributed by atoms with Crippen LogP contribution >= 0.6 is 22.9 Å². The van der Waals surface area contributed by atoms with Crippen molar-refractivity contribution in [1.82, 2.24) is 9.97 Å². The summed E-state index contributed by atoms with van der Waals surface area (Å²) in [7, 11) is 0. The highest BCUT2D eigenvalue weighted by atomic mass is 35.5. The van der Waals surface area contributed by atoms with Gasteiger partial charge in [-0.3, -0.25) is 0 Å². The molecule has 2 aromatic heterocycles. The lowest BCUT2D eigenvalue weighted by Gasteiger charge is -1.97. The number of hydrogen-bond acceptors (Lipinski definition) is 4. The Kier molecular flexibility index (Phi) is 3.16. The second kappa shape index (κ2) is 4.57. The summed E-state index contributed by atoms with van der Waals surface area (Å²) in [6.07, 6.45) is 2.73. The summed E-state index contributed by atoms with van der Waals surface area (Å²) in [5.74, 6) is 0.677. The number of fused-ring (bicyclic) bond motifs is 1. The molecule has 1 N–H and O–H groups in total. The third-order valence-electron chi connectivity index (χ3n) is 1.75. The molecule has 0 aliphatic heterocycles. The van der Waals surface area contributed by atoms with Crippen molar-refractivity contribution < 1.29 is 0 Å². The lowest BCUT2D eigenvalue weighted by Crippen LogP contribution is -2.00. The Morgan fingerprint density at radius 2 is 2.43 bits per heavy atom. The number of anilines is 1. The second-order valence-electron chi connectivity index (χ2n) is 2.82. The third-order valence-corrected chi connectivity index (χ3v) is 2.96. The van der Waals surface area contributed by atoms with Crippen LogP contribution in [-0.4, -0.2) is 22.4 Å². The molecular weight excluding hydrogens is 218 g/mol. The van der Waals surface area contributed by atoms with Crippen molar-refractivity contribution in [3.63, 3.8) is 0 Å². The van der Waals surface area contributed by atoms with Crippen molar-refractivity contribution in [2.45, 2.75) is 6.42 Å². The fraction of sp³-hybridized carbons (Fsp3) is 0.333. The van der Waals surface area contributed by atoms with Gasteiger partial charge in [0, 0.05) is 18.6 Å². The maximum atomic E-state index is 5.58. The summed E-state index contributed by atoms with van der Waals surface area (Å²) in [5, 5.41) is 4.14. The zero-order valence-corrected chi connectivity index (χ0v) is 9.11. The van der Waals surface area contributed by atoms with Crippen LogP contribution in [0.4, 0.5) is 5.13 Å². The van der Waals surface area contributed by atoms with E-state index in [9.17, 15) is 0 Å². The molecule has 3 nitrogen and oxygen atoms in total. The maximum Gasteiger partial charge on any atom is 0.185 e. The van der Waals surface area contributed by atoms with Crippen LogP contribution in [0, 0.1) is 0 Å². The lowest BCUT2D eigenvalue weighted by molar-refractivity contribution is 0.985. The van der Waals surface area contributed by atoms with E-state index < -0.39 is 0 Å². The Bertz CT molecular complexity index is 382. The third kappa shape index (κ3) is 2.13. The molecule has 2 aromatic rings. The van der Waals surface area contributed by atoms with Crippen LogP contribution in [0.5, 0.6) is 0 Å². The largest absolute Gasteiger partial charge is 0.361 e. The van der Waals surface area contributed by atoms with Crippen molar-refractivity contribution in [3.05, 3.63) is 18.3 Å². The molecular formula is C9H10ClN3S. The zero-order chi connectivity index (χ0) is 9.80. The van der Waals surface area contributed by atoms with Gasteiger partial charge in [0.1, 0.15) is 10.3 Å². The van der Waals surface area contributed by atoms with E-state index in [1.807, 2.05) is 12.1 Å². The normalized spacial score (nSPS) is 10.6. The van der Waals surface area contributed by atoms with E-state index in [-0.39, 0.29) is 0 Å². The molecule has 0 saturated carbocycles. The highest BCUT2D eigenvalue weighted by Gasteiger charge is 2.02. The molecule has 0 aliphatic rings. The number of thiazole rings is 1. The summed E-state index contributed by atoms with van der Waals surface area (Å²) in [6.45, 7) is 0.864. The standard InChI is InChI=1S/C9H10ClN3S/c10-4-2-6-12-9-13-7-3-1-5-11-8(7)14-9/h1,3,5H,2,4,6H2,(H,12,13). The summed E-state index contributed by atoms with van der Waals surface area (Å²) in [5.41, 5.74) is 0.950. The number of halogens is 1. The van der Waals surface area contributed by atoms with Gasteiger partial charge in [0.25, 0.3) is 0 Å². The Balaban J connectivity index is 2.11. The van der Waals surface area contributed by atoms with Crippen LogP contribution in [0.15, 0.2) is 18.3 Å². The molecule has 0 radical (unpaired) electrons. The van der Waals surface area contributed by atoms with E-state index in [1.54, 1.807) is 17.5 Å². The van der Waals surface area contributed by atoms with Crippen LogP contribution in [0.25, 0.3) is 10.3 Å². The van der Waals surface area contributed by atoms with Crippen molar-refractivity contribution >= 4 is 38.4 Å². The van der Waals surface area contributed by atoms with Crippen LogP contribution in [-0.2, 0) is 0 Å². The van der Waals surface area contributed by atoms with Gasteiger partial charge in [0.05, 0.1) is 0 Å². The van der Waals surface area contributed by atoms with Gasteiger partial charge in [0.2, 0.25) is 0 Å². The van der Waals surface area contributed by atoms with Gasteiger partial charge in [-0.1, -0.05) is 11.3 Å². The monoisotopic (exact) mass is 227 g/mol. The van der Waals surface area contributed by atoms with Crippen molar-refractivity contribution in [2.75, 3.05) is 17.7 Å². The molecule has 14 heavy (non-hydrogen) atoms. The molecule has 2 rings (SSSR count). The molecule has 0 bridgehead atoms. The first-order valence-electron chi connectivity index (χ1n) is 4.41. The predicted octanol–water partition coefficient (Wildman–Crippen LogP) is 2.73. The SMILES string of the molecule is ClCCCNc1nc2cccnc2s1. The molecule has 0 atom stereocenters. The number of aromatic nitrogens is 2. The number of pyridine rings is 1. The predicted molar refractivity (Wildman–Crippen MR) is 61.2 cm³/mol. The highest BCUT2D eigenvalue weighted by molar-refractivity contribution is 7.21. The maximum absolute atomic E-state index is 5.58. The number of rotatable bonds is 4. The average Bonchev–Trinajstić information content (AvgIpc) is 2.60. The Hall–Kier alpha value is -0.870. The number of hydrogen-bond donors (Lipinski definition) is 1. The van der Waals surface area contributed by atoms with Gasteiger partial charge in [-0.15, -0.1) is 11.6 Å². The van der Waals surface area contributed by atoms with Gasteiger partial charge in [-0.2, -0.15) is 0 Å². The van der Waals surface area contributed by atoms with Crippen LogP contribution in [0.3, 0.4) is 0 Å². The summed E-state index contributed by atoms with van der Waals surface area (Å²) < 4.78 is 0. The molecule has 0 aliphatic carbocycles. The van der Waals surface area contributed by atoms with Crippen molar-refractivity contribution in [1.29, 1.82) is 0 Å². The molecule has 0 amide bonds. The minimum Gasteiger partial charge on any atom is -0.361 e. The van der Waals surface area contributed by atoms with E-state index in [2.05, 4.69) is 15.3 Å². The molecule has 2 heterocycles. The zero-order valence-electron chi connectivity index (χ0n) is 7.53. The number of nitrogens with zero attached hydrogens (tertiary/aromatic N) is 2. The molecule has 0 unspecified atom stereocenters. The smallest absolute Gasteiger partial charge is 0.185 e. The average molecular weight is 228 g/mol. The molecule has 0 fully saturated rings. The second-order valence-corrected chi connectivity index (χ2v) is 4.17. The minimum absolute atomic E-state index is 0.677. The van der Waals surface area contributed by atoms with Gasteiger partial charge in [0.15, 0.2) is 5.13 Å². The first kappa shape index (κ1) is 9.68. The topological polar surface area (TPSA) is 37.8 Å². The van der Waals surface area contributed by atoms with Crippen molar-refractivity contribution in [2.24, 2.45) is 0 Å². The number of alkyl halides is 1. The minimum atomic E-state index is 0.677. The van der Waals surface area contributed by atoms with Crippen LogP contribution in [0.1, 0.15) is 6.42 Å². The fourth-order valence-electron chi connectivity index (χ4n) is 1.11. The quantitative estimate of drug-likeness (QED) is 0.645. The van der Waals surface area contributed by atoms with Gasteiger partial charge < -0.3 is 5.32 Å². The van der Waals surface area contributed by atoms with Gasteiger partial charge in [-0.05, 0) is 18.6 Å². The van der Waals surface area contributed by atoms with Crippen LogP contribution in [0.2, 0.25) is 0 Å². The van der Waals surface area contributed by atoms with Crippen LogP contribution < -0.4 is 5.32 Å². The first-order chi connectivity index (χ1) is 6.90. The van der Waals surface area contributed by atoms with E-state index >= 15 is 0 Å². The molecule has 0 aromatic carbocycles. The summed E-state index contributed by atoms with van der Waals surface area (Å²) in [4.78, 5) is 9.58. The first-order valence-corrected chi connectivity index (χ1v) is 5.76. The summed E-state index contributed by atoms with van der Waals surface area (Å²) >= 11 is 7.15. The van der Waals surface area contributed by atoms with E-state index in [4.69, 9.17) is 11.6 Å². The molecule has 0 saturated heterocycles. The molecule has 0 spiro atoms. The van der Waals surface area contributed by atoms with E-state index in [1.165, 1.54) is 0 Å². The Labute approximate surface area is 91.1 Å². The van der Waals surface area contributed by atoms with Crippen molar-refractivity contribution in [3.8, 4) is 0 Å². The van der Waals surface area contributed by atoms with E-state index in [0.29, 0.717) is 5.88 Å². The summed E-state index contributed by atoms with van der Waals surface area (Å²) in [6, 6.07) is 3.86. The fourth-order valence-corrected chi connectivity index (χ4v) is 2.07. The van der Waals surface area contributed by atoms with Gasteiger partial charge in [-0.25, -0.2) is 9.97 Å². The lowest BCUT2D eigenvalue weighted by atomic mass is 10.5. The van der Waals surface area contributed by atoms with E-state index in [0.717, 1.165) is 28.4 Å². The number of nitrogens with one attached hydrogen (secondary N) is 1. The van der Waals surface area contributed by atoms with Gasteiger partial charge >= 0.3 is 0 Å². The Morgan fingerprint density at radius 1 is 1.50 bits per heavy atom. The molecule has 74 valence electrons. The molecule has 5 heteroatoms.